The second-order valence-electron chi connectivity index (χ2n) is 4.39. The first-order chi connectivity index (χ1) is 7.81. The first kappa shape index (κ1) is 15.8. The highest BCUT2D eigenvalue weighted by Gasteiger charge is 2.34. The third kappa shape index (κ3) is 5.08. The van der Waals surface area contributed by atoms with Crippen molar-refractivity contribution in [3.05, 3.63) is 0 Å². The smallest absolute Gasteiger partial charge is 0.311 e. The summed E-state index contributed by atoms with van der Waals surface area (Å²) in [7, 11) is 0. The van der Waals surface area contributed by atoms with Gasteiger partial charge in [0.25, 0.3) is 0 Å². The number of ether oxygens (including phenoxy) is 1. The number of carbonyl (C=O) groups is 3. The summed E-state index contributed by atoms with van der Waals surface area (Å²) in [6, 6.07) is -0.974. The van der Waals surface area contributed by atoms with E-state index in [-0.39, 0.29) is 24.7 Å². The van der Waals surface area contributed by atoms with Crippen molar-refractivity contribution in [1.82, 2.24) is 0 Å². The Bertz CT molecular complexity index is 299. The molecular weight excluding hydrogens is 222 g/mol. The lowest BCUT2D eigenvalue weighted by Crippen LogP contribution is -2.45. The Hall–Kier alpha value is -1.23. The van der Waals surface area contributed by atoms with Gasteiger partial charge in [0.05, 0.1) is 25.0 Å². The highest BCUT2D eigenvalue weighted by atomic mass is 16.5. The number of hydrogen-bond donors (Lipinski definition) is 1. The standard InChI is InChI=1S/C12H21NO4/c1-5-17-12(16)10(7(2)3)11(13)9(15)6-8(4)14/h7,10-11H,5-6,13H2,1-4H3. The second kappa shape index (κ2) is 7.17. The van der Waals surface area contributed by atoms with Crippen LogP contribution in [0.2, 0.25) is 0 Å². The molecule has 0 saturated carbocycles. The zero-order chi connectivity index (χ0) is 13.6. The van der Waals surface area contributed by atoms with Crippen molar-refractivity contribution in [2.24, 2.45) is 17.6 Å². The van der Waals surface area contributed by atoms with Crippen molar-refractivity contribution in [1.29, 1.82) is 0 Å². The topological polar surface area (TPSA) is 86.5 Å². The Kier molecular flexibility index (Phi) is 6.65. The second-order valence-corrected chi connectivity index (χ2v) is 4.39. The van der Waals surface area contributed by atoms with Gasteiger partial charge in [-0.25, -0.2) is 0 Å². The summed E-state index contributed by atoms with van der Waals surface area (Å²) in [4.78, 5) is 34.2. The van der Waals surface area contributed by atoms with Crippen LogP contribution in [0.3, 0.4) is 0 Å². The van der Waals surface area contributed by atoms with Crippen LogP contribution in [0.1, 0.15) is 34.1 Å². The van der Waals surface area contributed by atoms with Crippen LogP contribution >= 0.6 is 0 Å². The third-order valence-electron chi connectivity index (χ3n) is 2.46. The van der Waals surface area contributed by atoms with Gasteiger partial charge in [-0.15, -0.1) is 0 Å². The largest absolute Gasteiger partial charge is 0.466 e. The van der Waals surface area contributed by atoms with Gasteiger partial charge in [0, 0.05) is 0 Å². The number of ketones is 2. The van der Waals surface area contributed by atoms with Crippen molar-refractivity contribution in [3.63, 3.8) is 0 Å². The fourth-order valence-corrected chi connectivity index (χ4v) is 1.64. The van der Waals surface area contributed by atoms with E-state index in [1.54, 1.807) is 20.8 Å². The molecule has 17 heavy (non-hydrogen) atoms. The van der Waals surface area contributed by atoms with Crippen LogP contribution < -0.4 is 5.73 Å². The molecule has 0 bridgehead atoms. The van der Waals surface area contributed by atoms with Crippen LogP contribution in [0, 0.1) is 11.8 Å². The van der Waals surface area contributed by atoms with Crippen LogP contribution in [-0.4, -0.2) is 30.2 Å². The van der Waals surface area contributed by atoms with Gasteiger partial charge in [0.2, 0.25) is 0 Å². The van der Waals surface area contributed by atoms with Gasteiger partial charge in [-0.3, -0.25) is 14.4 Å². The number of nitrogens with two attached hydrogens (primary N) is 1. The molecule has 2 N–H and O–H groups in total. The van der Waals surface area contributed by atoms with E-state index >= 15 is 0 Å². The van der Waals surface area contributed by atoms with E-state index in [4.69, 9.17) is 10.5 Å². The SMILES string of the molecule is CCOC(=O)C(C(C)C)C(N)C(=O)CC(C)=O. The summed E-state index contributed by atoms with van der Waals surface area (Å²) in [5.74, 6) is -1.95. The first-order valence-electron chi connectivity index (χ1n) is 5.75. The fraction of sp³-hybridized carbons (Fsp3) is 0.750. The molecule has 98 valence electrons. The molecule has 0 aliphatic rings. The molecule has 0 rings (SSSR count). The van der Waals surface area contributed by atoms with E-state index in [1.807, 2.05) is 0 Å². The fourth-order valence-electron chi connectivity index (χ4n) is 1.64. The molecule has 0 amide bonds. The van der Waals surface area contributed by atoms with E-state index in [2.05, 4.69) is 0 Å². The van der Waals surface area contributed by atoms with Gasteiger partial charge >= 0.3 is 5.97 Å². The Labute approximate surface area is 102 Å². The molecule has 0 fully saturated rings. The van der Waals surface area contributed by atoms with Crippen LogP contribution in [0.5, 0.6) is 0 Å². The van der Waals surface area contributed by atoms with E-state index in [1.165, 1.54) is 6.92 Å². The van der Waals surface area contributed by atoms with Gasteiger partial charge in [-0.2, -0.15) is 0 Å². The Morgan fingerprint density at radius 3 is 2.12 bits per heavy atom. The highest BCUT2D eigenvalue weighted by Crippen LogP contribution is 2.18. The Morgan fingerprint density at radius 1 is 1.24 bits per heavy atom. The van der Waals surface area contributed by atoms with E-state index in [9.17, 15) is 14.4 Å². The molecule has 2 atom stereocenters. The molecule has 0 aliphatic carbocycles. The van der Waals surface area contributed by atoms with Crippen LogP contribution in [0.4, 0.5) is 0 Å². The molecular formula is C12H21NO4. The summed E-state index contributed by atoms with van der Waals surface area (Å²) >= 11 is 0. The average Bonchev–Trinajstić information content (AvgIpc) is 2.16. The number of carbonyl (C=O) groups excluding carboxylic acids is 3. The average molecular weight is 243 g/mol. The first-order valence-corrected chi connectivity index (χ1v) is 5.75. The lowest BCUT2D eigenvalue weighted by Gasteiger charge is -2.24. The Morgan fingerprint density at radius 2 is 1.76 bits per heavy atom. The van der Waals surface area contributed by atoms with Crippen molar-refractivity contribution in [2.45, 2.75) is 40.2 Å². The minimum absolute atomic E-state index is 0.111. The molecule has 0 radical (unpaired) electrons. The maximum Gasteiger partial charge on any atom is 0.311 e. The molecule has 0 aromatic carbocycles. The molecule has 5 heteroatoms. The van der Waals surface area contributed by atoms with Crippen LogP contribution in [0.25, 0.3) is 0 Å². The lowest BCUT2D eigenvalue weighted by molar-refractivity contribution is -0.152. The van der Waals surface area contributed by atoms with Gasteiger partial charge in [-0.1, -0.05) is 13.8 Å². The van der Waals surface area contributed by atoms with Gasteiger partial charge < -0.3 is 10.5 Å². The van der Waals surface area contributed by atoms with E-state index in [0.717, 1.165) is 0 Å². The minimum Gasteiger partial charge on any atom is -0.466 e. The quantitative estimate of drug-likeness (QED) is 0.525. The maximum absolute atomic E-state index is 11.7. The molecule has 0 saturated heterocycles. The predicted molar refractivity (Wildman–Crippen MR) is 63.2 cm³/mol. The van der Waals surface area contributed by atoms with Crippen molar-refractivity contribution >= 4 is 17.5 Å². The zero-order valence-corrected chi connectivity index (χ0v) is 10.9. The summed E-state index contributed by atoms with van der Waals surface area (Å²) in [6.07, 6.45) is -0.232. The molecule has 0 aromatic heterocycles. The number of hydrogen-bond acceptors (Lipinski definition) is 5. The number of rotatable bonds is 7. The molecule has 5 nitrogen and oxygen atoms in total. The van der Waals surface area contributed by atoms with Gasteiger partial charge in [-0.05, 0) is 19.8 Å². The van der Waals surface area contributed by atoms with E-state index < -0.39 is 23.7 Å². The zero-order valence-electron chi connectivity index (χ0n) is 10.9. The molecule has 2 unspecified atom stereocenters. The third-order valence-corrected chi connectivity index (χ3v) is 2.46. The number of Topliss-reactive ketones (excluding diaryl/α,β-unsaturated/α-hetero) is 2. The highest BCUT2D eigenvalue weighted by molar-refractivity contribution is 6.02. The molecule has 0 aromatic rings. The molecule has 0 heterocycles. The minimum atomic E-state index is -0.974. The normalized spacial score (nSPS) is 14.2. The summed E-state index contributed by atoms with van der Waals surface area (Å²) in [5.41, 5.74) is 5.74. The maximum atomic E-state index is 11.7. The van der Waals surface area contributed by atoms with Gasteiger partial charge in [0.15, 0.2) is 5.78 Å². The van der Waals surface area contributed by atoms with Crippen molar-refractivity contribution in [2.75, 3.05) is 6.61 Å². The monoisotopic (exact) mass is 243 g/mol. The van der Waals surface area contributed by atoms with Crippen molar-refractivity contribution in [3.8, 4) is 0 Å². The molecule has 0 aliphatic heterocycles. The number of esters is 1. The van der Waals surface area contributed by atoms with Crippen LogP contribution in [0.15, 0.2) is 0 Å². The summed E-state index contributed by atoms with van der Waals surface area (Å²) < 4.78 is 4.89. The summed E-state index contributed by atoms with van der Waals surface area (Å²) in [5, 5.41) is 0. The molecule has 0 spiro atoms. The van der Waals surface area contributed by atoms with E-state index in [0.29, 0.717) is 0 Å². The van der Waals surface area contributed by atoms with Gasteiger partial charge in [0.1, 0.15) is 5.78 Å². The lowest BCUT2D eigenvalue weighted by atomic mass is 9.85. The summed E-state index contributed by atoms with van der Waals surface area (Å²) in [6.45, 7) is 6.85. The predicted octanol–water partition coefficient (Wildman–Crippen LogP) is 0.697. The Balaban J connectivity index is 4.76. The van der Waals surface area contributed by atoms with Crippen LogP contribution in [-0.2, 0) is 19.1 Å². The van der Waals surface area contributed by atoms with Crippen molar-refractivity contribution < 1.29 is 19.1 Å².